The molecule has 0 amide bonds. The fourth-order valence-corrected chi connectivity index (χ4v) is 5.92. The highest BCUT2D eigenvalue weighted by Gasteiger charge is 2.51. The molecule has 2 saturated carbocycles. The van der Waals surface area contributed by atoms with E-state index < -0.39 is 0 Å². The molecule has 2 heteroatoms. The van der Waals surface area contributed by atoms with Crippen LogP contribution < -0.4 is 0 Å². The maximum Gasteiger partial charge on any atom is 0.309 e. The third-order valence-electron chi connectivity index (χ3n) is 7.14. The van der Waals surface area contributed by atoms with Crippen LogP contribution in [0.5, 0.6) is 0 Å². The van der Waals surface area contributed by atoms with Gasteiger partial charge in [0.25, 0.3) is 0 Å². The first-order valence-electron chi connectivity index (χ1n) is 9.49. The van der Waals surface area contributed by atoms with E-state index >= 15 is 0 Å². The Labute approximate surface area is 134 Å². The molecular formula is C20H30O2. The Kier molecular flexibility index (Phi) is 3.62. The number of ether oxygens (including phenoxy) is 1. The maximum absolute atomic E-state index is 12.5. The second-order valence-corrected chi connectivity index (χ2v) is 8.73. The lowest BCUT2D eigenvalue weighted by Gasteiger charge is -2.46. The number of allylic oxidation sites excluding steroid dienone is 1. The molecule has 4 rings (SSSR count). The molecule has 0 aromatic carbocycles. The first-order chi connectivity index (χ1) is 10.6. The Hall–Kier alpha value is -0.790. The van der Waals surface area contributed by atoms with Gasteiger partial charge in [-0.1, -0.05) is 57.6 Å². The minimum atomic E-state index is 0.105. The van der Waals surface area contributed by atoms with E-state index in [4.69, 9.17) is 4.74 Å². The van der Waals surface area contributed by atoms with E-state index in [9.17, 15) is 4.79 Å². The maximum atomic E-state index is 12.5. The van der Waals surface area contributed by atoms with Crippen molar-refractivity contribution in [1.29, 1.82) is 0 Å². The average molecular weight is 302 g/mol. The van der Waals surface area contributed by atoms with Crippen LogP contribution in [0.25, 0.3) is 0 Å². The van der Waals surface area contributed by atoms with Gasteiger partial charge >= 0.3 is 5.97 Å². The number of esters is 1. The summed E-state index contributed by atoms with van der Waals surface area (Å²) in [5.41, 5.74) is 1.94. The van der Waals surface area contributed by atoms with E-state index in [0.29, 0.717) is 17.3 Å². The number of carbonyl (C=O) groups is 1. The smallest absolute Gasteiger partial charge is 0.309 e. The van der Waals surface area contributed by atoms with Crippen LogP contribution in [-0.2, 0) is 9.53 Å². The molecule has 22 heavy (non-hydrogen) atoms. The lowest BCUT2D eigenvalue weighted by Crippen LogP contribution is -2.39. The minimum Gasteiger partial charge on any atom is -0.461 e. The molecule has 0 spiro atoms. The number of carbonyl (C=O) groups excluding carboxylic acids is 1. The molecule has 5 atom stereocenters. The molecule has 122 valence electrons. The van der Waals surface area contributed by atoms with E-state index in [1.807, 2.05) is 0 Å². The standard InChI is InChI=1S/C20H30O2/c1-13-6-5-9-20(2)12-18-15(11-17(13)20)16(19(21)22-18)10-14-7-3-4-8-14/h11,13-16,18H,3-10,12H2,1-2H3/t13-,15+,16+,18+,20+/m0/s1. The normalized spacial score (nSPS) is 45.2. The van der Waals surface area contributed by atoms with Gasteiger partial charge in [0.05, 0.1) is 5.92 Å². The summed E-state index contributed by atoms with van der Waals surface area (Å²) in [6.07, 6.45) is 14.1. The molecule has 3 fully saturated rings. The van der Waals surface area contributed by atoms with Gasteiger partial charge in [-0.25, -0.2) is 0 Å². The number of fused-ring (bicyclic) bond motifs is 2. The van der Waals surface area contributed by atoms with Gasteiger partial charge in [0, 0.05) is 5.92 Å². The third-order valence-corrected chi connectivity index (χ3v) is 7.14. The Bertz CT molecular complexity index is 488. The molecular weight excluding hydrogens is 272 g/mol. The predicted molar refractivity (Wildman–Crippen MR) is 87.3 cm³/mol. The van der Waals surface area contributed by atoms with Gasteiger partial charge in [0.15, 0.2) is 0 Å². The highest BCUT2D eigenvalue weighted by molar-refractivity contribution is 5.76. The Morgan fingerprint density at radius 2 is 2.00 bits per heavy atom. The summed E-state index contributed by atoms with van der Waals surface area (Å²) < 4.78 is 5.85. The molecule has 2 nitrogen and oxygen atoms in total. The molecule has 1 aliphatic heterocycles. The van der Waals surface area contributed by atoms with Crippen LogP contribution in [0.2, 0.25) is 0 Å². The van der Waals surface area contributed by atoms with Crippen LogP contribution >= 0.6 is 0 Å². The number of hydrogen-bond acceptors (Lipinski definition) is 2. The van der Waals surface area contributed by atoms with Gasteiger partial charge in [-0.05, 0) is 42.9 Å². The first kappa shape index (κ1) is 14.8. The molecule has 0 bridgehead atoms. The van der Waals surface area contributed by atoms with Crippen molar-refractivity contribution in [3.63, 3.8) is 0 Å². The highest BCUT2D eigenvalue weighted by atomic mass is 16.6. The molecule has 0 radical (unpaired) electrons. The summed E-state index contributed by atoms with van der Waals surface area (Å²) in [6.45, 7) is 4.79. The Balaban J connectivity index is 1.59. The molecule has 0 N–H and O–H groups in total. The van der Waals surface area contributed by atoms with Crippen molar-refractivity contribution >= 4 is 5.97 Å². The summed E-state index contributed by atoms with van der Waals surface area (Å²) >= 11 is 0. The fraction of sp³-hybridized carbons (Fsp3) is 0.850. The summed E-state index contributed by atoms with van der Waals surface area (Å²) in [4.78, 5) is 12.5. The van der Waals surface area contributed by atoms with E-state index in [-0.39, 0.29) is 18.0 Å². The lowest BCUT2D eigenvalue weighted by molar-refractivity contribution is -0.145. The average Bonchev–Trinajstić information content (AvgIpc) is 3.06. The minimum absolute atomic E-state index is 0.105. The Morgan fingerprint density at radius 1 is 1.23 bits per heavy atom. The largest absolute Gasteiger partial charge is 0.461 e. The summed E-state index contributed by atoms with van der Waals surface area (Å²) in [6, 6.07) is 0. The molecule has 3 aliphatic carbocycles. The lowest BCUT2D eigenvalue weighted by atomic mass is 9.59. The van der Waals surface area contributed by atoms with Crippen molar-refractivity contribution in [2.75, 3.05) is 0 Å². The van der Waals surface area contributed by atoms with Crippen LogP contribution in [0.3, 0.4) is 0 Å². The van der Waals surface area contributed by atoms with Crippen LogP contribution in [-0.4, -0.2) is 12.1 Å². The van der Waals surface area contributed by atoms with Gasteiger partial charge in [-0.3, -0.25) is 4.79 Å². The monoisotopic (exact) mass is 302 g/mol. The van der Waals surface area contributed by atoms with Crippen LogP contribution in [0, 0.1) is 29.1 Å². The molecule has 4 aliphatic rings. The summed E-state index contributed by atoms with van der Waals surface area (Å²) in [7, 11) is 0. The second-order valence-electron chi connectivity index (χ2n) is 8.73. The van der Waals surface area contributed by atoms with E-state index in [1.54, 1.807) is 5.57 Å². The van der Waals surface area contributed by atoms with Crippen molar-refractivity contribution in [2.24, 2.45) is 29.1 Å². The molecule has 0 aromatic rings. The molecule has 1 saturated heterocycles. The van der Waals surface area contributed by atoms with Gasteiger partial charge in [0.2, 0.25) is 0 Å². The summed E-state index contributed by atoms with van der Waals surface area (Å²) in [5.74, 6) is 2.10. The van der Waals surface area contributed by atoms with Gasteiger partial charge in [-0.2, -0.15) is 0 Å². The van der Waals surface area contributed by atoms with Gasteiger partial charge in [-0.15, -0.1) is 0 Å². The molecule has 1 heterocycles. The van der Waals surface area contributed by atoms with Crippen molar-refractivity contribution in [3.05, 3.63) is 11.6 Å². The first-order valence-corrected chi connectivity index (χ1v) is 9.49. The zero-order chi connectivity index (χ0) is 15.3. The van der Waals surface area contributed by atoms with Crippen LogP contribution in [0.15, 0.2) is 11.6 Å². The highest BCUT2D eigenvalue weighted by Crippen LogP contribution is 2.54. The van der Waals surface area contributed by atoms with Crippen LogP contribution in [0.4, 0.5) is 0 Å². The number of rotatable bonds is 2. The summed E-state index contributed by atoms with van der Waals surface area (Å²) in [5, 5.41) is 0. The number of hydrogen-bond donors (Lipinski definition) is 0. The fourth-order valence-electron chi connectivity index (χ4n) is 5.92. The Morgan fingerprint density at radius 3 is 2.77 bits per heavy atom. The van der Waals surface area contributed by atoms with Gasteiger partial charge in [0.1, 0.15) is 6.10 Å². The second kappa shape index (κ2) is 5.39. The zero-order valence-corrected chi connectivity index (χ0v) is 14.1. The van der Waals surface area contributed by atoms with Crippen molar-refractivity contribution in [2.45, 2.75) is 77.7 Å². The van der Waals surface area contributed by atoms with Gasteiger partial charge < -0.3 is 4.74 Å². The topological polar surface area (TPSA) is 26.3 Å². The van der Waals surface area contributed by atoms with Crippen molar-refractivity contribution in [3.8, 4) is 0 Å². The van der Waals surface area contributed by atoms with E-state index in [2.05, 4.69) is 19.9 Å². The molecule has 0 aromatic heterocycles. The van der Waals surface area contributed by atoms with Crippen LogP contribution in [0.1, 0.15) is 71.6 Å². The van der Waals surface area contributed by atoms with E-state index in [1.165, 1.54) is 44.9 Å². The third kappa shape index (κ3) is 2.34. The van der Waals surface area contributed by atoms with Crippen molar-refractivity contribution < 1.29 is 9.53 Å². The SMILES string of the molecule is C[C@H]1CCC[C@]2(C)C[C@H]3OC(=O)[C@H](CC4CCCC4)[C@H]3C=C12. The zero-order valence-electron chi connectivity index (χ0n) is 14.1. The van der Waals surface area contributed by atoms with Crippen molar-refractivity contribution in [1.82, 2.24) is 0 Å². The molecule has 0 unspecified atom stereocenters. The van der Waals surface area contributed by atoms with E-state index in [0.717, 1.165) is 18.8 Å². The quantitative estimate of drug-likeness (QED) is 0.537. The predicted octanol–water partition coefficient (Wildman–Crippen LogP) is 4.88.